The van der Waals surface area contributed by atoms with Gasteiger partial charge in [0.05, 0.1) is 18.7 Å². The summed E-state index contributed by atoms with van der Waals surface area (Å²) in [6.07, 6.45) is 0.161. The Bertz CT molecular complexity index is 504. The molecule has 1 atom stereocenters. The molecule has 0 unspecified atom stereocenters. The fourth-order valence-electron chi connectivity index (χ4n) is 2.01. The number of nitrogens with zero attached hydrogens (tertiary/aromatic N) is 1. The molecule has 2 amide bonds. The van der Waals surface area contributed by atoms with Gasteiger partial charge in [-0.2, -0.15) is 0 Å². The number of benzene rings is 1. The number of rotatable bonds is 3. The van der Waals surface area contributed by atoms with Crippen LogP contribution >= 0.6 is 15.9 Å². The molecule has 0 radical (unpaired) electrons. The molecule has 96 valence electrons. The first-order valence-electron chi connectivity index (χ1n) is 5.46. The highest BCUT2D eigenvalue weighted by molar-refractivity contribution is 9.10. The molecule has 1 aliphatic heterocycles. The van der Waals surface area contributed by atoms with Gasteiger partial charge in [0.1, 0.15) is 5.75 Å². The van der Waals surface area contributed by atoms with Crippen LogP contribution in [0.4, 0.5) is 5.69 Å². The van der Waals surface area contributed by atoms with Crippen molar-refractivity contribution in [2.24, 2.45) is 11.7 Å². The SMILES string of the molecule is COc1cc(Br)ccc1N1C[C@H](C(N)=O)CC1=O. The number of hydrogen-bond donors (Lipinski definition) is 1. The Labute approximate surface area is 113 Å². The van der Waals surface area contributed by atoms with Crippen LogP contribution in [0.25, 0.3) is 0 Å². The summed E-state index contributed by atoms with van der Waals surface area (Å²) in [5.41, 5.74) is 5.90. The Morgan fingerprint density at radius 1 is 1.56 bits per heavy atom. The average molecular weight is 313 g/mol. The molecule has 1 fully saturated rings. The second-order valence-corrected chi connectivity index (χ2v) is 5.04. The van der Waals surface area contributed by atoms with Gasteiger partial charge in [-0.15, -0.1) is 0 Å². The monoisotopic (exact) mass is 312 g/mol. The van der Waals surface area contributed by atoms with Crippen molar-refractivity contribution >= 4 is 33.4 Å². The molecule has 0 saturated carbocycles. The summed E-state index contributed by atoms with van der Waals surface area (Å²) >= 11 is 3.34. The van der Waals surface area contributed by atoms with E-state index in [4.69, 9.17) is 10.5 Å². The van der Waals surface area contributed by atoms with Crippen molar-refractivity contribution in [3.8, 4) is 5.75 Å². The average Bonchev–Trinajstić information content (AvgIpc) is 2.71. The van der Waals surface area contributed by atoms with E-state index in [9.17, 15) is 9.59 Å². The number of ether oxygens (including phenoxy) is 1. The third-order valence-corrected chi connectivity index (χ3v) is 3.45. The highest BCUT2D eigenvalue weighted by atomic mass is 79.9. The first-order valence-corrected chi connectivity index (χ1v) is 6.25. The van der Waals surface area contributed by atoms with Crippen molar-refractivity contribution < 1.29 is 14.3 Å². The van der Waals surface area contributed by atoms with Gasteiger partial charge in [-0.1, -0.05) is 15.9 Å². The largest absolute Gasteiger partial charge is 0.495 e. The van der Waals surface area contributed by atoms with Crippen LogP contribution < -0.4 is 15.4 Å². The van der Waals surface area contributed by atoms with Crippen LogP contribution in [0.5, 0.6) is 5.75 Å². The molecule has 0 bridgehead atoms. The first-order chi connectivity index (χ1) is 8.52. The molecule has 6 heteroatoms. The quantitative estimate of drug-likeness (QED) is 0.914. The van der Waals surface area contributed by atoms with Crippen molar-refractivity contribution in [3.63, 3.8) is 0 Å². The summed E-state index contributed by atoms with van der Waals surface area (Å²) in [5.74, 6) is -0.393. The Balaban J connectivity index is 2.32. The second-order valence-electron chi connectivity index (χ2n) is 4.12. The number of halogens is 1. The van der Waals surface area contributed by atoms with E-state index in [1.54, 1.807) is 17.0 Å². The van der Waals surface area contributed by atoms with Gasteiger partial charge in [0.25, 0.3) is 0 Å². The minimum atomic E-state index is -0.443. The highest BCUT2D eigenvalue weighted by Crippen LogP contribution is 2.34. The summed E-state index contributed by atoms with van der Waals surface area (Å²) in [6, 6.07) is 5.38. The molecule has 0 aliphatic carbocycles. The van der Waals surface area contributed by atoms with Crippen molar-refractivity contribution in [3.05, 3.63) is 22.7 Å². The van der Waals surface area contributed by atoms with Gasteiger partial charge in [-0.25, -0.2) is 0 Å². The zero-order valence-corrected chi connectivity index (χ0v) is 11.4. The molecule has 18 heavy (non-hydrogen) atoms. The third kappa shape index (κ3) is 2.33. The Morgan fingerprint density at radius 3 is 2.83 bits per heavy atom. The lowest BCUT2D eigenvalue weighted by Gasteiger charge is -2.19. The number of methoxy groups -OCH3 is 1. The summed E-state index contributed by atoms with van der Waals surface area (Å²) < 4.78 is 6.10. The summed E-state index contributed by atoms with van der Waals surface area (Å²) in [6.45, 7) is 0.312. The van der Waals surface area contributed by atoms with Crippen LogP contribution in [-0.2, 0) is 9.59 Å². The van der Waals surface area contributed by atoms with E-state index >= 15 is 0 Å². The maximum absolute atomic E-state index is 11.9. The molecule has 1 aromatic carbocycles. The summed E-state index contributed by atoms with van der Waals surface area (Å²) in [5, 5.41) is 0. The molecule has 2 rings (SSSR count). The van der Waals surface area contributed by atoms with Gasteiger partial charge in [0.2, 0.25) is 11.8 Å². The minimum absolute atomic E-state index is 0.112. The molecule has 1 aliphatic rings. The molecule has 0 spiro atoms. The Kier molecular flexibility index (Phi) is 3.56. The first kappa shape index (κ1) is 12.9. The lowest BCUT2D eigenvalue weighted by Crippen LogP contribution is -2.28. The van der Waals surface area contributed by atoms with Crippen molar-refractivity contribution in [1.82, 2.24) is 0 Å². The van der Waals surface area contributed by atoms with Gasteiger partial charge in [0, 0.05) is 17.4 Å². The molecule has 2 N–H and O–H groups in total. The normalized spacial score (nSPS) is 19.1. The lowest BCUT2D eigenvalue weighted by molar-refractivity contribution is -0.123. The van der Waals surface area contributed by atoms with Crippen molar-refractivity contribution in [2.75, 3.05) is 18.6 Å². The number of hydrogen-bond acceptors (Lipinski definition) is 3. The number of primary amides is 1. The number of amides is 2. The topological polar surface area (TPSA) is 72.6 Å². The van der Waals surface area contributed by atoms with Crippen LogP contribution in [0.1, 0.15) is 6.42 Å². The predicted molar refractivity (Wildman–Crippen MR) is 70.3 cm³/mol. The van der Waals surface area contributed by atoms with E-state index in [2.05, 4.69) is 15.9 Å². The molecule has 0 aromatic heterocycles. The number of carbonyl (C=O) groups excluding carboxylic acids is 2. The highest BCUT2D eigenvalue weighted by Gasteiger charge is 2.35. The number of anilines is 1. The predicted octanol–water partition coefficient (Wildman–Crippen LogP) is 1.30. The molecular formula is C12H13BrN2O3. The van der Waals surface area contributed by atoms with Crippen LogP contribution in [0.2, 0.25) is 0 Å². The minimum Gasteiger partial charge on any atom is -0.495 e. The van der Waals surface area contributed by atoms with Crippen molar-refractivity contribution in [1.29, 1.82) is 0 Å². The lowest BCUT2D eigenvalue weighted by atomic mass is 10.1. The van der Waals surface area contributed by atoms with E-state index in [1.807, 2.05) is 6.07 Å². The molecule has 5 nitrogen and oxygen atoms in total. The fourth-order valence-corrected chi connectivity index (χ4v) is 2.35. The second kappa shape index (κ2) is 4.97. The van der Waals surface area contributed by atoms with E-state index in [-0.39, 0.29) is 12.3 Å². The molecule has 1 saturated heterocycles. The third-order valence-electron chi connectivity index (χ3n) is 2.96. The zero-order chi connectivity index (χ0) is 13.3. The van der Waals surface area contributed by atoms with Crippen LogP contribution in [-0.4, -0.2) is 25.5 Å². The summed E-state index contributed by atoms with van der Waals surface area (Å²) in [7, 11) is 1.54. The number of nitrogens with two attached hydrogens (primary N) is 1. The van der Waals surface area contributed by atoms with Gasteiger partial charge < -0.3 is 15.4 Å². The molecule has 1 heterocycles. The maximum Gasteiger partial charge on any atom is 0.227 e. The van der Waals surface area contributed by atoms with Crippen LogP contribution in [0.3, 0.4) is 0 Å². The van der Waals surface area contributed by atoms with E-state index < -0.39 is 11.8 Å². The smallest absolute Gasteiger partial charge is 0.227 e. The maximum atomic E-state index is 11.9. The Hall–Kier alpha value is -1.56. The van der Waals surface area contributed by atoms with E-state index in [1.165, 1.54) is 7.11 Å². The molecule has 1 aromatic rings. The Morgan fingerprint density at radius 2 is 2.28 bits per heavy atom. The number of carbonyl (C=O) groups is 2. The van der Waals surface area contributed by atoms with Gasteiger partial charge in [-0.05, 0) is 18.2 Å². The molecular weight excluding hydrogens is 300 g/mol. The standard InChI is InChI=1S/C12H13BrN2O3/c1-18-10-5-8(13)2-3-9(10)15-6-7(12(14)17)4-11(15)16/h2-3,5,7H,4,6H2,1H3,(H2,14,17)/t7-/m1/s1. The van der Waals surface area contributed by atoms with Crippen LogP contribution in [0.15, 0.2) is 22.7 Å². The summed E-state index contributed by atoms with van der Waals surface area (Å²) in [4.78, 5) is 24.6. The fraction of sp³-hybridized carbons (Fsp3) is 0.333. The van der Waals surface area contributed by atoms with E-state index in [0.717, 1.165) is 4.47 Å². The van der Waals surface area contributed by atoms with Gasteiger partial charge >= 0.3 is 0 Å². The zero-order valence-electron chi connectivity index (χ0n) is 9.85. The van der Waals surface area contributed by atoms with Crippen LogP contribution in [0, 0.1) is 5.92 Å². The van der Waals surface area contributed by atoms with Gasteiger partial charge in [0.15, 0.2) is 0 Å². The van der Waals surface area contributed by atoms with Crippen molar-refractivity contribution in [2.45, 2.75) is 6.42 Å². The van der Waals surface area contributed by atoms with Gasteiger partial charge in [-0.3, -0.25) is 9.59 Å². The van der Waals surface area contributed by atoms with E-state index in [0.29, 0.717) is 18.0 Å².